The van der Waals surface area contributed by atoms with Crippen molar-refractivity contribution < 1.29 is 14.7 Å². The molecule has 0 saturated heterocycles. The second-order valence-electron chi connectivity index (χ2n) is 3.60. The minimum atomic E-state index is -0.995. The number of anilines is 1. The van der Waals surface area contributed by atoms with Gasteiger partial charge in [0.05, 0.1) is 0 Å². The third-order valence-electron chi connectivity index (χ3n) is 2.07. The Hall–Kier alpha value is -2.10. The first-order valence-electron chi connectivity index (χ1n) is 5.42. The van der Waals surface area contributed by atoms with Crippen LogP contribution in [0.1, 0.15) is 25.3 Å². The Balaban J connectivity index is 2.72. The van der Waals surface area contributed by atoms with Gasteiger partial charge in [0.25, 0.3) is 0 Å². The zero-order valence-electron chi connectivity index (χ0n) is 9.64. The van der Waals surface area contributed by atoms with Gasteiger partial charge in [-0.3, -0.25) is 4.79 Å². The van der Waals surface area contributed by atoms with Gasteiger partial charge in [-0.05, 0) is 30.2 Å². The van der Waals surface area contributed by atoms with Crippen molar-refractivity contribution in [1.29, 1.82) is 0 Å². The maximum Gasteiger partial charge on any atom is 0.328 e. The lowest BCUT2D eigenvalue weighted by atomic mass is 10.2. The maximum atomic E-state index is 11.4. The highest BCUT2D eigenvalue weighted by Crippen LogP contribution is 2.12. The highest BCUT2D eigenvalue weighted by atomic mass is 16.4. The van der Waals surface area contributed by atoms with Gasteiger partial charge in [-0.2, -0.15) is 0 Å². The molecule has 4 heteroatoms. The van der Waals surface area contributed by atoms with E-state index in [4.69, 9.17) is 5.11 Å². The van der Waals surface area contributed by atoms with Gasteiger partial charge in [-0.15, -0.1) is 0 Å². The molecule has 0 atom stereocenters. The van der Waals surface area contributed by atoms with E-state index < -0.39 is 5.97 Å². The van der Waals surface area contributed by atoms with Gasteiger partial charge in [-0.1, -0.05) is 19.1 Å². The summed E-state index contributed by atoms with van der Waals surface area (Å²) >= 11 is 0. The van der Waals surface area contributed by atoms with Crippen molar-refractivity contribution in [3.63, 3.8) is 0 Å². The lowest BCUT2D eigenvalue weighted by molar-refractivity contribution is -0.131. The van der Waals surface area contributed by atoms with Gasteiger partial charge >= 0.3 is 5.97 Å². The smallest absolute Gasteiger partial charge is 0.328 e. The molecule has 0 aliphatic heterocycles. The standard InChI is InChI=1S/C13H15NO3/c1-2-4-12(15)14-11-6-3-5-10(9-11)7-8-13(16)17/h3,5-9H,2,4H2,1H3,(H,14,15)(H,16,17). The summed E-state index contributed by atoms with van der Waals surface area (Å²) in [6, 6.07) is 7.04. The van der Waals surface area contributed by atoms with Crippen molar-refractivity contribution in [2.75, 3.05) is 5.32 Å². The van der Waals surface area contributed by atoms with Crippen LogP contribution < -0.4 is 5.32 Å². The van der Waals surface area contributed by atoms with Crippen LogP contribution in [0, 0.1) is 0 Å². The van der Waals surface area contributed by atoms with E-state index in [2.05, 4.69) is 5.32 Å². The van der Waals surface area contributed by atoms with Crippen molar-refractivity contribution in [2.45, 2.75) is 19.8 Å². The van der Waals surface area contributed by atoms with Crippen LogP contribution in [-0.4, -0.2) is 17.0 Å². The third kappa shape index (κ3) is 4.97. The first-order chi connectivity index (χ1) is 8.11. The number of aliphatic carboxylic acids is 1. The Labute approximate surface area is 100.0 Å². The maximum absolute atomic E-state index is 11.4. The average Bonchev–Trinajstić information content (AvgIpc) is 2.27. The second kappa shape index (κ2) is 6.48. The number of carbonyl (C=O) groups excluding carboxylic acids is 1. The molecule has 0 radical (unpaired) electrons. The van der Waals surface area contributed by atoms with Crippen LogP contribution in [0.3, 0.4) is 0 Å². The molecule has 0 bridgehead atoms. The summed E-state index contributed by atoms with van der Waals surface area (Å²) in [6.07, 6.45) is 3.82. The summed E-state index contributed by atoms with van der Waals surface area (Å²) in [5.74, 6) is -1.03. The molecule has 0 spiro atoms. The quantitative estimate of drug-likeness (QED) is 0.768. The second-order valence-corrected chi connectivity index (χ2v) is 3.60. The number of hydrogen-bond donors (Lipinski definition) is 2. The van der Waals surface area contributed by atoms with E-state index in [9.17, 15) is 9.59 Å². The summed E-state index contributed by atoms with van der Waals surface area (Å²) in [6.45, 7) is 1.94. The molecular weight excluding hydrogens is 218 g/mol. The summed E-state index contributed by atoms with van der Waals surface area (Å²) in [5, 5.41) is 11.3. The summed E-state index contributed by atoms with van der Waals surface area (Å²) < 4.78 is 0. The van der Waals surface area contributed by atoms with E-state index in [1.165, 1.54) is 6.08 Å². The van der Waals surface area contributed by atoms with Gasteiger partial charge in [-0.25, -0.2) is 4.79 Å². The van der Waals surface area contributed by atoms with Crippen LogP contribution in [0.4, 0.5) is 5.69 Å². The summed E-state index contributed by atoms with van der Waals surface area (Å²) in [4.78, 5) is 21.7. The fourth-order valence-electron chi connectivity index (χ4n) is 1.34. The van der Waals surface area contributed by atoms with Crippen LogP contribution >= 0.6 is 0 Å². The molecule has 1 aromatic rings. The molecule has 90 valence electrons. The molecule has 0 saturated carbocycles. The molecule has 2 N–H and O–H groups in total. The topological polar surface area (TPSA) is 66.4 Å². The van der Waals surface area contributed by atoms with Crippen LogP contribution in [0.25, 0.3) is 6.08 Å². The van der Waals surface area contributed by atoms with Crippen molar-refractivity contribution in [3.05, 3.63) is 35.9 Å². The minimum Gasteiger partial charge on any atom is -0.478 e. The predicted octanol–water partition coefficient (Wildman–Crippen LogP) is 2.52. The first kappa shape index (κ1) is 13.0. The van der Waals surface area contributed by atoms with Crippen molar-refractivity contribution >= 4 is 23.6 Å². The van der Waals surface area contributed by atoms with E-state index in [1.54, 1.807) is 24.3 Å². The molecule has 0 heterocycles. The molecule has 17 heavy (non-hydrogen) atoms. The van der Waals surface area contributed by atoms with E-state index in [1.807, 2.05) is 6.92 Å². The lowest BCUT2D eigenvalue weighted by Crippen LogP contribution is -2.10. The van der Waals surface area contributed by atoms with Crippen LogP contribution in [0.15, 0.2) is 30.3 Å². The zero-order valence-corrected chi connectivity index (χ0v) is 9.64. The number of carboxylic acids is 1. The fraction of sp³-hybridized carbons (Fsp3) is 0.231. The molecule has 0 aliphatic rings. The molecule has 0 unspecified atom stereocenters. The average molecular weight is 233 g/mol. The van der Waals surface area contributed by atoms with Crippen LogP contribution in [-0.2, 0) is 9.59 Å². The van der Waals surface area contributed by atoms with Crippen molar-refractivity contribution in [2.24, 2.45) is 0 Å². The Morgan fingerprint density at radius 2 is 2.18 bits per heavy atom. The minimum absolute atomic E-state index is 0.0353. The number of benzene rings is 1. The molecule has 0 aliphatic carbocycles. The number of rotatable bonds is 5. The first-order valence-corrected chi connectivity index (χ1v) is 5.42. The van der Waals surface area contributed by atoms with Crippen molar-refractivity contribution in [1.82, 2.24) is 0 Å². The van der Waals surface area contributed by atoms with Gasteiger partial charge in [0.2, 0.25) is 5.91 Å². The Kier molecular flexibility index (Phi) is 4.94. The molecule has 1 amide bonds. The molecular formula is C13H15NO3. The van der Waals surface area contributed by atoms with E-state index in [-0.39, 0.29) is 5.91 Å². The van der Waals surface area contributed by atoms with E-state index in [0.29, 0.717) is 12.1 Å². The summed E-state index contributed by atoms with van der Waals surface area (Å²) in [5.41, 5.74) is 1.41. The van der Waals surface area contributed by atoms with Crippen molar-refractivity contribution in [3.8, 4) is 0 Å². The SMILES string of the molecule is CCCC(=O)Nc1cccc(C=CC(=O)O)c1. The predicted molar refractivity (Wildman–Crippen MR) is 66.6 cm³/mol. The monoisotopic (exact) mass is 233 g/mol. The number of carbonyl (C=O) groups is 2. The number of nitrogens with one attached hydrogen (secondary N) is 1. The Morgan fingerprint density at radius 3 is 2.82 bits per heavy atom. The molecule has 4 nitrogen and oxygen atoms in total. The van der Waals surface area contributed by atoms with Crippen LogP contribution in [0.2, 0.25) is 0 Å². The zero-order chi connectivity index (χ0) is 12.7. The number of carboxylic acid groups (broad SMARTS) is 1. The largest absolute Gasteiger partial charge is 0.478 e. The lowest BCUT2D eigenvalue weighted by Gasteiger charge is -2.04. The summed E-state index contributed by atoms with van der Waals surface area (Å²) in [7, 11) is 0. The number of amides is 1. The molecule has 0 fully saturated rings. The van der Waals surface area contributed by atoms with E-state index >= 15 is 0 Å². The van der Waals surface area contributed by atoms with E-state index in [0.717, 1.165) is 18.1 Å². The highest BCUT2D eigenvalue weighted by Gasteiger charge is 2.00. The Bertz CT molecular complexity index is 438. The number of hydrogen-bond acceptors (Lipinski definition) is 2. The molecule has 1 rings (SSSR count). The highest BCUT2D eigenvalue weighted by molar-refractivity contribution is 5.91. The Morgan fingerprint density at radius 1 is 1.41 bits per heavy atom. The van der Waals surface area contributed by atoms with Crippen LogP contribution in [0.5, 0.6) is 0 Å². The van der Waals surface area contributed by atoms with Gasteiger partial charge in [0.15, 0.2) is 0 Å². The van der Waals surface area contributed by atoms with Gasteiger partial charge < -0.3 is 10.4 Å². The molecule has 1 aromatic carbocycles. The molecule has 0 aromatic heterocycles. The third-order valence-corrected chi connectivity index (χ3v) is 2.07. The van der Waals surface area contributed by atoms with Gasteiger partial charge in [0, 0.05) is 18.2 Å². The normalized spacial score (nSPS) is 10.4. The van der Waals surface area contributed by atoms with Gasteiger partial charge in [0.1, 0.15) is 0 Å². The fourth-order valence-corrected chi connectivity index (χ4v) is 1.34.